The summed E-state index contributed by atoms with van der Waals surface area (Å²) >= 11 is 6.26. The number of rotatable bonds is 7. The SMILES string of the molecule is CCC1=C2[C@@H](CC/C(C)=C/c3ccc(O)cc3Cl)OC[C@@H]2[C@@H]2C(=O)N(c3cccc(B(O)O)c3)C(=O)[C@@H]2C1. The molecule has 7 nitrogen and oxygen atoms in total. The van der Waals surface area contributed by atoms with Gasteiger partial charge in [-0.1, -0.05) is 47.9 Å². The molecule has 5 rings (SSSR count). The summed E-state index contributed by atoms with van der Waals surface area (Å²) < 4.78 is 6.26. The second-order valence-electron chi connectivity index (χ2n) is 10.4. The number of nitrogens with zero attached hydrogens (tertiary/aromatic N) is 1. The van der Waals surface area contributed by atoms with Gasteiger partial charge in [0.1, 0.15) is 5.75 Å². The Kier molecular flexibility index (Phi) is 7.51. The van der Waals surface area contributed by atoms with Gasteiger partial charge >= 0.3 is 7.12 Å². The number of amides is 2. The summed E-state index contributed by atoms with van der Waals surface area (Å²) in [6, 6.07) is 11.2. The predicted octanol–water partition coefficient (Wildman–Crippen LogP) is 3.84. The van der Waals surface area contributed by atoms with Crippen LogP contribution in [0.1, 0.15) is 45.1 Å². The first-order valence-electron chi connectivity index (χ1n) is 13.0. The molecule has 0 aromatic heterocycles. The summed E-state index contributed by atoms with van der Waals surface area (Å²) in [5.74, 6) is -1.41. The number of imide groups is 1. The minimum Gasteiger partial charge on any atom is -0.508 e. The van der Waals surface area contributed by atoms with Crippen molar-refractivity contribution in [3.05, 3.63) is 69.8 Å². The second-order valence-corrected chi connectivity index (χ2v) is 10.8. The fourth-order valence-electron chi connectivity index (χ4n) is 6.22. The van der Waals surface area contributed by atoms with Crippen molar-refractivity contribution in [3.63, 3.8) is 0 Å². The molecular weight excluding hydrogens is 505 g/mol. The van der Waals surface area contributed by atoms with E-state index in [1.807, 2.05) is 13.0 Å². The maximum absolute atomic E-state index is 13.7. The molecule has 2 amide bonds. The number of carbonyl (C=O) groups is 2. The normalized spacial score (nSPS) is 25.2. The summed E-state index contributed by atoms with van der Waals surface area (Å²) in [5, 5.41) is 29.2. The number of aromatic hydroxyl groups is 1. The molecule has 4 atom stereocenters. The number of hydrogen-bond acceptors (Lipinski definition) is 6. The van der Waals surface area contributed by atoms with Gasteiger partial charge in [-0.3, -0.25) is 14.5 Å². The van der Waals surface area contributed by atoms with E-state index in [0.29, 0.717) is 23.7 Å². The summed E-state index contributed by atoms with van der Waals surface area (Å²) in [7, 11) is -1.68. The van der Waals surface area contributed by atoms with Crippen LogP contribution < -0.4 is 10.4 Å². The van der Waals surface area contributed by atoms with Gasteiger partial charge in [-0.25, -0.2) is 0 Å². The van der Waals surface area contributed by atoms with E-state index in [4.69, 9.17) is 16.3 Å². The largest absolute Gasteiger partial charge is 0.508 e. The molecule has 2 aliphatic heterocycles. The molecule has 3 aliphatic rings. The van der Waals surface area contributed by atoms with E-state index in [1.54, 1.807) is 30.3 Å². The smallest absolute Gasteiger partial charge is 0.488 e. The number of hydrogen-bond donors (Lipinski definition) is 3. The van der Waals surface area contributed by atoms with E-state index in [1.165, 1.54) is 28.2 Å². The minimum atomic E-state index is -1.68. The van der Waals surface area contributed by atoms with Crippen molar-refractivity contribution in [1.29, 1.82) is 0 Å². The number of fused-ring (bicyclic) bond motifs is 3. The van der Waals surface area contributed by atoms with E-state index in [2.05, 4.69) is 6.92 Å². The number of allylic oxidation sites excluding steroid dienone is 2. The summed E-state index contributed by atoms with van der Waals surface area (Å²) in [6.45, 7) is 4.52. The Morgan fingerprint density at radius 1 is 1.16 bits per heavy atom. The van der Waals surface area contributed by atoms with Gasteiger partial charge in [-0.2, -0.15) is 0 Å². The zero-order valence-corrected chi connectivity index (χ0v) is 22.2. The van der Waals surface area contributed by atoms with Crippen LogP contribution in [0.25, 0.3) is 6.08 Å². The monoisotopic (exact) mass is 535 g/mol. The number of ether oxygens (including phenoxy) is 1. The van der Waals surface area contributed by atoms with Crippen LogP contribution in [0, 0.1) is 17.8 Å². The van der Waals surface area contributed by atoms with Gasteiger partial charge in [0.2, 0.25) is 11.8 Å². The molecule has 2 heterocycles. The Labute approximate surface area is 227 Å². The average molecular weight is 536 g/mol. The van der Waals surface area contributed by atoms with E-state index in [-0.39, 0.29) is 35.0 Å². The van der Waals surface area contributed by atoms with Gasteiger partial charge in [0.25, 0.3) is 0 Å². The molecule has 0 radical (unpaired) electrons. The minimum absolute atomic E-state index is 0.112. The topological polar surface area (TPSA) is 107 Å². The molecular formula is C29H31BClNO6. The van der Waals surface area contributed by atoms with Crippen molar-refractivity contribution in [3.8, 4) is 5.75 Å². The molecule has 2 aromatic carbocycles. The van der Waals surface area contributed by atoms with Gasteiger partial charge in [0.15, 0.2) is 0 Å². The fraction of sp³-hybridized carbons (Fsp3) is 0.379. The van der Waals surface area contributed by atoms with Crippen LogP contribution >= 0.6 is 11.6 Å². The Morgan fingerprint density at radius 2 is 1.95 bits per heavy atom. The van der Waals surface area contributed by atoms with Crippen molar-refractivity contribution in [2.75, 3.05) is 11.5 Å². The highest BCUT2D eigenvalue weighted by Crippen LogP contribution is 2.51. The lowest BCUT2D eigenvalue weighted by molar-refractivity contribution is -0.122. The van der Waals surface area contributed by atoms with Crippen molar-refractivity contribution < 1.29 is 29.5 Å². The molecule has 2 saturated heterocycles. The Balaban J connectivity index is 1.36. The maximum Gasteiger partial charge on any atom is 0.488 e. The number of benzene rings is 2. The summed E-state index contributed by atoms with van der Waals surface area (Å²) in [6.07, 6.45) is 4.76. The van der Waals surface area contributed by atoms with Crippen LogP contribution in [0.4, 0.5) is 5.69 Å². The predicted molar refractivity (Wildman–Crippen MR) is 147 cm³/mol. The number of halogens is 1. The third kappa shape index (κ3) is 4.82. The number of phenols is 1. The van der Waals surface area contributed by atoms with Gasteiger partial charge in [0, 0.05) is 5.92 Å². The summed E-state index contributed by atoms with van der Waals surface area (Å²) in [4.78, 5) is 28.4. The van der Waals surface area contributed by atoms with Crippen LogP contribution in [0.2, 0.25) is 5.02 Å². The molecule has 0 saturated carbocycles. The molecule has 198 valence electrons. The van der Waals surface area contributed by atoms with Crippen LogP contribution in [0.15, 0.2) is 59.2 Å². The first kappa shape index (κ1) is 26.7. The van der Waals surface area contributed by atoms with Gasteiger partial charge in [-0.05, 0) is 79.5 Å². The average Bonchev–Trinajstić information content (AvgIpc) is 3.42. The van der Waals surface area contributed by atoms with Crippen LogP contribution in [-0.2, 0) is 14.3 Å². The van der Waals surface area contributed by atoms with Crippen molar-refractivity contribution in [2.45, 2.75) is 45.6 Å². The molecule has 0 unspecified atom stereocenters. The van der Waals surface area contributed by atoms with E-state index >= 15 is 0 Å². The Hall–Kier alpha value is -2.91. The second kappa shape index (κ2) is 10.7. The molecule has 1 aliphatic carbocycles. The highest BCUT2D eigenvalue weighted by Gasteiger charge is 2.57. The van der Waals surface area contributed by atoms with E-state index < -0.39 is 19.0 Å². The highest BCUT2D eigenvalue weighted by atomic mass is 35.5. The van der Waals surface area contributed by atoms with E-state index in [0.717, 1.165) is 30.4 Å². The number of carbonyl (C=O) groups excluding carboxylic acids is 2. The molecule has 9 heteroatoms. The lowest BCUT2D eigenvalue weighted by Gasteiger charge is -2.31. The van der Waals surface area contributed by atoms with Gasteiger partial charge in [0.05, 0.1) is 35.3 Å². The highest BCUT2D eigenvalue weighted by molar-refractivity contribution is 6.58. The van der Waals surface area contributed by atoms with Crippen molar-refractivity contribution in [2.24, 2.45) is 17.8 Å². The lowest BCUT2D eigenvalue weighted by atomic mass is 9.69. The van der Waals surface area contributed by atoms with Crippen molar-refractivity contribution in [1.82, 2.24) is 0 Å². The lowest BCUT2D eigenvalue weighted by Crippen LogP contribution is -2.35. The van der Waals surface area contributed by atoms with E-state index in [9.17, 15) is 24.7 Å². The molecule has 0 bridgehead atoms. The third-order valence-corrected chi connectivity index (χ3v) is 8.38. The standard InChI is InChI=1S/C29H31BClNO6/c1-3-17-12-22-27(29(35)32(28(22)34)20-6-4-5-19(13-20)30(36)37)23-15-38-25(26(17)23)10-7-16(2)11-18-8-9-21(33)14-24(18)31/h4-6,8-9,11,13-14,22-23,25,27,33,36-37H,3,7,10,12,15H2,1-2H3/b16-11+/t22-,23+,25-,27-/m1/s1. The molecule has 0 spiro atoms. The van der Waals surface area contributed by atoms with Gasteiger partial charge in [-0.15, -0.1) is 0 Å². The van der Waals surface area contributed by atoms with Crippen molar-refractivity contribution >= 4 is 47.8 Å². The third-order valence-electron chi connectivity index (χ3n) is 8.05. The van der Waals surface area contributed by atoms with Crippen LogP contribution in [-0.4, -0.2) is 46.8 Å². The molecule has 2 fully saturated rings. The molecule has 3 N–H and O–H groups in total. The Bertz CT molecular complexity index is 1340. The Morgan fingerprint density at radius 3 is 2.66 bits per heavy atom. The quantitative estimate of drug-likeness (QED) is 0.283. The first-order chi connectivity index (χ1) is 18.2. The maximum atomic E-state index is 13.7. The zero-order valence-electron chi connectivity index (χ0n) is 21.4. The number of anilines is 1. The molecule has 2 aromatic rings. The van der Waals surface area contributed by atoms with Gasteiger partial charge < -0.3 is 19.9 Å². The summed E-state index contributed by atoms with van der Waals surface area (Å²) in [5.41, 5.74) is 4.93. The first-order valence-corrected chi connectivity index (χ1v) is 13.4. The zero-order chi connectivity index (χ0) is 27.1. The number of phenolic OH excluding ortho intramolecular Hbond substituents is 1. The molecule has 38 heavy (non-hydrogen) atoms. The van der Waals surface area contributed by atoms with Crippen LogP contribution in [0.3, 0.4) is 0 Å². The van der Waals surface area contributed by atoms with Crippen LogP contribution in [0.5, 0.6) is 5.75 Å². The fourth-order valence-corrected chi connectivity index (χ4v) is 6.45.